The lowest BCUT2D eigenvalue weighted by atomic mass is 9.78. The van der Waals surface area contributed by atoms with Gasteiger partial charge in [-0.1, -0.05) is 51.1 Å². The van der Waals surface area contributed by atoms with E-state index in [0.717, 1.165) is 18.4 Å². The molecule has 3 aliphatic rings. The molecule has 0 radical (unpaired) electrons. The second-order valence-corrected chi connectivity index (χ2v) is 14.9. The highest BCUT2D eigenvalue weighted by atomic mass is 32.2. The van der Waals surface area contributed by atoms with Gasteiger partial charge in [-0.05, 0) is 55.0 Å². The standard InChI is InChI=1S/C34H43N3O8S/c1-4-31-35-17-30(43-31)23-10-12-26(13-11-23)46(40,41)37(18-21(2)3)19-28(38)27(14-22-8-6-5-7-9-22)36-34(39)45-32-25-15-24-16-29(32)44-33(24)42-20-25/h5-13,17,21,24-25,27-29,32-33,38H,4,14-16,18-20H2,1-3H3,(H,36,39). The van der Waals surface area contributed by atoms with E-state index in [-0.39, 0.29) is 48.6 Å². The molecule has 0 spiro atoms. The van der Waals surface area contributed by atoms with Crippen molar-refractivity contribution in [2.24, 2.45) is 17.8 Å². The number of benzene rings is 2. The summed E-state index contributed by atoms with van der Waals surface area (Å²) in [4.78, 5) is 17.6. The first-order valence-electron chi connectivity index (χ1n) is 16.1. The number of oxazole rings is 1. The molecular weight excluding hydrogens is 610 g/mol. The van der Waals surface area contributed by atoms with Gasteiger partial charge in [0.05, 0.1) is 35.9 Å². The fraction of sp³-hybridized carbons (Fsp3) is 0.529. The quantitative estimate of drug-likeness (QED) is 0.275. The molecule has 1 amide bonds. The highest BCUT2D eigenvalue weighted by Gasteiger charge is 2.53. The summed E-state index contributed by atoms with van der Waals surface area (Å²) in [6, 6.07) is 15.1. The summed E-state index contributed by atoms with van der Waals surface area (Å²) in [5, 5.41) is 14.5. The molecular formula is C34H43N3O8S. The summed E-state index contributed by atoms with van der Waals surface area (Å²) in [6.07, 6.45) is 1.44. The van der Waals surface area contributed by atoms with Crippen LogP contribution in [-0.4, -0.2) is 79.2 Å². The van der Waals surface area contributed by atoms with Gasteiger partial charge in [-0.2, -0.15) is 4.31 Å². The maximum Gasteiger partial charge on any atom is 0.407 e. The largest absolute Gasteiger partial charge is 0.443 e. The Bertz CT molecular complexity index is 1570. The maximum atomic E-state index is 14.0. The SMILES string of the molecule is CCc1ncc(-c2ccc(S(=O)(=O)N(CC(C)C)CC(O)C(Cc3ccccc3)NC(=O)OC3C4COC5OC3CC5C4)cc2)o1. The Hall–Kier alpha value is -3.29. The second kappa shape index (κ2) is 13.8. The summed E-state index contributed by atoms with van der Waals surface area (Å²) in [6.45, 7) is 6.21. The molecule has 3 heterocycles. The first-order chi connectivity index (χ1) is 22.1. The van der Waals surface area contributed by atoms with Crippen LogP contribution in [0.3, 0.4) is 0 Å². The summed E-state index contributed by atoms with van der Waals surface area (Å²) in [5.41, 5.74) is 1.59. The van der Waals surface area contributed by atoms with E-state index in [0.29, 0.717) is 36.2 Å². The third-order valence-corrected chi connectivity index (χ3v) is 10.9. The number of sulfonamides is 1. The van der Waals surface area contributed by atoms with E-state index in [1.807, 2.05) is 51.1 Å². The van der Waals surface area contributed by atoms with E-state index >= 15 is 0 Å². The maximum absolute atomic E-state index is 14.0. The summed E-state index contributed by atoms with van der Waals surface area (Å²) < 4.78 is 52.6. The number of nitrogens with zero attached hydrogens (tertiary/aromatic N) is 2. The monoisotopic (exact) mass is 653 g/mol. The summed E-state index contributed by atoms with van der Waals surface area (Å²) >= 11 is 0. The Labute approximate surface area is 270 Å². The number of hydrogen-bond acceptors (Lipinski definition) is 9. The molecule has 2 aromatic carbocycles. The first-order valence-corrected chi connectivity index (χ1v) is 17.6. The molecule has 3 aromatic rings. The van der Waals surface area contributed by atoms with E-state index in [9.17, 15) is 18.3 Å². The predicted octanol–water partition coefficient (Wildman–Crippen LogP) is 4.40. The predicted molar refractivity (Wildman–Crippen MR) is 169 cm³/mol. The van der Waals surface area contributed by atoms with E-state index in [4.69, 9.17) is 18.6 Å². The van der Waals surface area contributed by atoms with Crippen LogP contribution in [0.1, 0.15) is 45.1 Å². The van der Waals surface area contributed by atoms with Gasteiger partial charge in [-0.3, -0.25) is 0 Å². The van der Waals surface area contributed by atoms with Crippen molar-refractivity contribution in [3.05, 3.63) is 72.2 Å². The van der Waals surface area contributed by atoms with E-state index in [1.54, 1.807) is 18.3 Å². The number of nitrogens with one attached hydrogen (secondary N) is 1. The molecule has 248 valence electrons. The normalized spacial score (nSPS) is 25.1. The van der Waals surface area contributed by atoms with E-state index in [1.165, 1.54) is 16.4 Å². The lowest BCUT2D eigenvalue weighted by molar-refractivity contribution is -0.153. The molecule has 11 nitrogen and oxygen atoms in total. The zero-order valence-corrected chi connectivity index (χ0v) is 27.3. The fourth-order valence-corrected chi connectivity index (χ4v) is 8.37. The van der Waals surface area contributed by atoms with Gasteiger partial charge in [0.2, 0.25) is 10.0 Å². The van der Waals surface area contributed by atoms with Crippen LogP contribution < -0.4 is 5.32 Å². The fourth-order valence-electron chi connectivity index (χ4n) is 6.74. The number of fused-ring (bicyclic) bond motifs is 2. The summed E-state index contributed by atoms with van der Waals surface area (Å²) in [7, 11) is -4.01. The van der Waals surface area contributed by atoms with Gasteiger partial charge in [0.1, 0.15) is 6.10 Å². The topological polar surface area (TPSA) is 140 Å². The Morgan fingerprint density at radius 1 is 1.09 bits per heavy atom. The molecule has 3 fully saturated rings. The number of carbonyl (C=O) groups excluding carboxylic acids is 1. The van der Waals surface area contributed by atoms with Crippen LogP contribution in [0.5, 0.6) is 0 Å². The minimum absolute atomic E-state index is 0.0209. The van der Waals surface area contributed by atoms with Crippen molar-refractivity contribution in [1.29, 1.82) is 0 Å². The number of rotatable bonds is 13. The van der Waals surface area contributed by atoms with Gasteiger partial charge >= 0.3 is 6.09 Å². The van der Waals surface area contributed by atoms with Gasteiger partial charge < -0.3 is 29.1 Å². The molecule has 2 N–H and O–H groups in total. The zero-order valence-electron chi connectivity index (χ0n) is 26.4. The van der Waals surface area contributed by atoms with Crippen molar-refractivity contribution in [1.82, 2.24) is 14.6 Å². The van der Waals surface area contributed by atoms with Crippen LogP contribution in [0.4, 0.5) is 4.79 Å². The van der Waals surface area contributed by atoms with Gasteiger partial charge in [0.15, 0.2) is 17.9 Å². The number of ether oxygens (including phenoxy) is 3. The zero-order chi connectivity index (χ0) is 32.4. The molecule has 2 saturated heterocycles. The third-order valence-electron chi connectivity index (χ3n) is 9.04. The highest BCUT2D eigenvalue weighted by Crippen LogP contribution is 2.46. The molecule has 7 unspecified atom stereocenters. The van der Waals surface area contributed by atoms with Crippen molar-refractivity contribution in [2.45, 2.75) is 82.0 Å². The van der Waals surface area contributed by atoms with Crippen LogP contribution in [0.2, 0.25) is 0 Å². The molecule has 3 bridgehead atoms. The Balaban J connectivity index is 1.18. The average molecular weight is 654 g/mol. The summed E-state index contributed by atoms with van der Waals surface area (Å²) in [5.74, 6) is 1.53. The number of aliphatic hydroxyl groups is 1. The number of aromatic nitrogens is 1. The van der Waals surface area contributed by atoms with Crippen molar-refractivity contribution < 1.29 is 36.9 Å². The van der Waals surface area contributed by atoms with E-state index < -0.39 is 34.4 Å². The molecule has 1 aliphatic carbocycles. The average Bonchev–Trinajstić information content (AvgIpc) is 3.64. The molecule has 46 heavy (non-hydrogen) atoms. The Morgan fingerprint density at radius 2 is 1.85 bits per heavy atom. The Morgan fingerprint density at radius 3 is 2.54 bits per heavy atom. The molecule has 1 aromatic heterocycles. The number of carbonyl (C=O) groups is 1. The molecule has 12 heteroatoms. The lowest BCUT2D eigenvalue weighted by Gasteiger charge is -2.37. The van der Waals surface area contributed by atoms with Crippen molar-refractivity contribution in [2.75, 3.05) is 19.7 Å². The van der Waals surface area contributed by atoms with E-state index in [2.05, 4.69) is 10.3 Å². The van der Waals surface area contributed by atoms with Crippen LogP contribution in [0, 0.1) is 17.8 Å². The van der Waals surface area contributed by atoms with Gasteiger partial charge in [-0.25, -0.2) is 18.2 Å². The van der Waals surface area contributed by atoms with Crippen LogP contribution in [0.25, 0.3) is 11.3 Å². The second-order valence-electron chi connectivity index (χ2n) is 13.0. The minimum Gasteiger partial charge on any atom is -0.443 e. The highest BCUT2D eigenvalue weighted by molar-refractivity contribution is 7.89. The molecule has 2 aliphatic heterocycles. The Kier molecular flexibility index (Phi) is 9.81. The minimum atomic E-state index is -4.01. The van der Waals surface area contributed by atoms with Crippen molar-refractivity contribution in [3.8, 4) is 11.3 Å². The number of hydrogen-bond donors (Lipinski definition) is 2. The van der Waals surface area contributed by atoms with Gasteiger partial charge in [-0.15, -0.1) is 0 Å². The molecule has 6 rings (SSSR count). The first kappa shape index (κ1) is 32.6. The van der Waals surface area contributed by atoms with Gasteiger partial charge in [0.25, 0.3) is 0 Å². The van der Waals surface area contributed by atoms with Gasteiger partial charge in [0, 0.05) is 36.9 Å². The number of aliphatic hydroxyl groups excluding tert-OH is 1. The number of amides is 1. The smallest absolute Gasteiger partial charge is 0.407 e. The van der Waals surface area contributed by atoms with Crippen molar-refractivity contribution in [3.63, 3.8) is 0 Å². The van der Waals surface area contributed by atoms with Crippen LogP contribution in [0.15, 0.2) is 70.1 Å². The van der Waals surface area contributed by atoms with Crippen molar-refractivity contribution >= 4 is 16.1 Å². The van der Waals surface area contributed by atoms with Crippen LogP contribution >= 0.6 is 0 Å². The van der Waals surface area contributed by atoms with Crippen LogP contribution in [-0.2, 0) is 37.1 Å². The third kappa shape index (κ3) is 7.16. The number of alkyl carbamates (subject to hydrolysis) is 1. The number of aryl methyl sites for hydroxylation is 1. The molecule has 1 saturated carbocycles. The molecule has 7 atom stereocenters. The lowest BCUT2D eigenvalue weighted by Crippen LogP contribution is -2.53.